The van der Waals surface area contributed by atoms with E-state index in [1.165, 1.54) is 6.42 Å². The maximum absolute atomic E-state index is 13.6. The van der Waals surface area contributed by atoms with Crippen molar-refractivity contribution >= 4 is 19.9 Å². The van der Waals surface area contributed by atoms with Crippen LogP contribution in [0.25, 0.3) is 0 Å². The van der Waals surface area contributed by atoms with E-state index in [0.29, 0.717) is 23.4 Å². The Balaban J connectivity index is 1.35. The highest BCUT2D eigenvalue weighted by Gasteiger charge is 2.89. The van der Waals surface area contributed by atoms with Crippen LogP contribution in [-0.2, 0) is 14.0 Å². The van der Waals surface area contributed by atoms with Crippen molar-refractivity contribution in [3.8, 4) is 0 Å². The van der Waals surface area contributed by atoms with Crippen LogP contribution in [0.3, 0.4) is 0 Å². The Morgan fingerprint density at radius 2 is 1.67 bits per heavy atom. The first-order valence-electron chi connectivity index (χ1n) is 12.4. The SMILES string of the molecule is CC(C)(C)[Si](C)(C)O[C@@]12CC[C@@]3(C)[C@@H](CC[C@]45C(=O)C6[C@H](C[C@@H]43)[C@]6(C)C5=O)[C@@]1(C)C2. The highest BCUT2D eigenvalue weighted by atomic mass is 28.4. The van der Waals surface area contributed by atoms with Crippen LogP contribution < -0.4 is 0 Å². The molecule has 1 unspecified atom stereocenters. The second kappa shape index (κ2) is 4.88. The average Bonchev–Trinajstić information content (AvgIpc) is 3.42. The number of Topliss-reactive ketones (excluding diaryl/α,β-unsaturated/α-hetero) is 2. The topological polar surface area (TPSA) is 43.4 Å². The molecule has 0 aromatic rings. The normalized spacial score (nSPS) is 58.1. The van der Waals surface area contributed by atoms with Crippen molar-refractivity contribution in [1.82, 2.24) is 0 Å². The summed E-state index contributed by atoms with van der Waals surface area (Å²) < 4.78 is 7.17. The lowest BCUT2D eigenvalue weighted by atomic mass is 9.41. The molecule has 7 aliphatic rings. The second-order valence-electron chi connectivity index (χ2n) is 14.4. The Kier molecular flexibility index (Phi) is 3.28. The molecular formula is C26H40O3Si. The Morgan fingerprint density at radius 1 is 1.00 bits per heavy atom. The summed E-state index contributed by atoms with van der Waals surface area (Å²) in [4.78, 5) is 27.1. The maximum atomic E-state index is 13.6. The van der Waals surface area contributed by atoms with Gasteiger partial charge < -0.3 is 4.43 Å². The third kappa shape index (κ3) is 1.77. The molecule has 0 amide bonds. The third-order valence-corrected chi connectivity index (χ3v) is 17.0. The highest BCUT2D eigenvalue weighted by Crippen LogP contribution is 2.85. The summed E-state index contributed by atoms with van der Waals surface area (Å²) in [6.07, 6.45) is 6.40. The monoisotopic (exact) mass is 428 g/mol. The van der Waals surface area contributed by atoms with Crippen LogP contribution in [0.1, 0.15) is 80.1 Å². The van der Waals surface area contributed by atoms with Gasteiger partial charge in [-0.25, -0.2) is 0 Å². The van der Waals surface area contributed by atoms with Crippen LogP contribution in [0, 0.1) is 45.3 Å². The van der Waals surface area contributed by atoms with E-state index in [0.717, 1.165) is 32.1 Å². The summed E-state index contributed by atoms with van der Waals surface area (Å²) in [5, 5.41) is 0.224. The number of hydrogen-bond acceptors (Lipinski definition) is 3. The number of fused-ring (bicyclic) bond motifs is 3. The van der Waals surface area contributed by atoms with E-state index in [9.17, 15) is 9.59 Å². The van der Waals surface area contributed by atoms with E-state index >= 15 is 0 Å². The van der Waals surface area contributed by atoms with Crippen LogP contribution in [0.15, 0.2) is 0 Å². The van der Waals surface area contributed by atoms with E-state index in [2.05, 4.69) is 54.6 Å². The van der Waals surface area contributed by atoms with Crippen molar-refractivity contribution in [3.63, 3.8) is 0 Å². The molecule has 30 heavy (non-hydrogen) atoms. The van der Waals surface area contributed by atoms with Gasteiger partial charge in [0.15, 0.2) is 19.9 Å². The fourth-order valence-electron chi connectivity index (χ4n) is 9.67. The molecular weight excluding hydrogens is 388 g/mol. The molecule has 7 fully saturated rings. The van der Waals surface area contributed by atoms with Gasteiger partial charge in [0.25, 0.3) is 0 Å². The summed E-state index contributed by atoms with van der Waals surface area (Å²) in [6, 6.07) is 0. The van der Waals surface area contributed by atoms with Crippen LogP contribution in [0.5, 0.6) is 0 Å². The molecule has 7 rings (SSSR count). The zero-order valence-corrected chi connectivity index (χ0v) is 21.3. The molecule has 0 aliphatic heterocycles. The van der Waals surface area contributed by atoms with Crippen LogP contribution in [0.4, 0.5) is 0 Å². The van der Waals surface area contributed by atoms with Crippen LogP contribution in [0.2, 0.25) is 18.1 Å². The molecule has 1 spiro atoms. The molecule has 0 saturated heterocycles. The van der Waals surface area contributed by atoms with Crippen molar-refractivity contribution in [2.45, 2.75) is 104 Å². The first-order valence-corrected chi connectivity index (χ1v) is 15.3. The third-order valence-electron chi connectivity index (χ3n) is 12.5. The lowest BCUT2D eigenvalue weighted by Gasteiger charge is -2.62. The summed E-state index contributed by atoms with van der Waals surface area (Å²) in [7, 11) is -1.84. The fraction of sp³-hybridized carbons (Fsp3) is 0.923. The van der Waals surface area contributed by atoms with E-state index in [4.69, 9.17) is 4.43 Å². The van der Waals surface area contributed by atoms with Crippen LogP contribution >= 0.6 is 0 Å². The lowest BCUT2D eigenvalue weighted by molar-refractivity contribution is -0.178. The standard InChI is InChI=1S/C26H40O3Si/c1-21(2,3)30(7,8)29-25-12-11-22(4)16(23(25,5)14-25)9-10-26-17(22)13-15-18(19(26)27)24(15,6)20(26)28/h15-18H,9-14H2,1-8H3/t15-,16+,17+,18?,22-,23+,24-,25+,26+/m0/s1. The molecule has 4 bridgehead atoms. The van der Waals surface area contributed by atoms with Gasteiger partial charge in [-0.3, -0.25) is 9.59 Å². The van der Waals surface area contributed by atoms with Gasteiger partial charge in [-0.1, -0.05) is 41.5 Å². The molecule has 0 radical (unpaired) electrons. The largest absolute Gasteiger partial charge is 0.411 e. The first kappa shape index (κ1) is 20.1. The minimum Gasteiger partial charge on any atom is -0.411 e. The van der Waals surface area contributed by atoms with Crippen LogP contribution in [-0.4, -0.2) is 25.5 Å². The van der Waals surface area contributed by atoms with Gasteiger partial charge in [0, 0.05) is 16.7 Å². The Morgan fingerprint density at radius 3 is 2.23 bits per heavy atom. The summed E-state index contributed by atoms with van der Waals surface area (Å²) >= 11 is 0. The smallest absolute Gasteiger partial charge is 0.192 e. The maximum Gasteiger partial charge on any atom is 0.192 e. The number of rotatable bonds is 2. The van der Waals surface area contributed by atoms with Crippen molar-refractivity contribution in [3.05, 3.63) is 0 Å². The molecule has 166 valence electrons. The van der Waals surface area contributed by atoms with Crippen molar-refractivity contribution < 1.29 is 14.0 Å². The number of hydrogen-bond donors (Lipinski definition) is 0. The predicted molar refractivity (Wildman–Crippen MR) is 119 cm³/mol. The van der Waals surface area contributed by atoms with Gasteiger partial charge in [0.1, 0.15) is 0 Å². The Hall–Kier alpha value is -0.483. The van der Waals surface area contributed by atoms with Crippen molar-refractivity contribution in [2.75, 3.05) is 0 Å². The van der Waals surface area contributed by atoms with E-state index in [1.54, 1.807) is 0 Å². The average molecular weight is 429 g/mol. The molecule has 9 atom stereocenters. The van der Waals surface area contributed by atoms with Crippen molar-refractivity contribution in [2.24, 2.45) is 45.3 Å². The summed E-state index contributed by atoms with van der Waals surface area (Å²) in [5.41, 5.74) is -0.528. The van der Waals surface area contributed by atoms with Gasteiger partial charge in [0.05, 0.1) is 11.0 Å². The number of ketones is 2. The minimum absolute atomic E-state index is 0.0452. The van der Waals surface area contributed by atoms with Gasteiger partial charge >= 0.3 is 0 Å². The zero-order valence-electron chi connectivity index (χ0n) is 20.3. The number of carbonyl (C=O) groups is 2. The highest BCUT2D eigenvalue weighted by molar-refractivity contribution is 6.74. The van der Waals surface area contributed by atoms with Gasteiger partial charge in [-0.2, -0.15) is 0 Å². The van der Waals surface area contributed by atoms with Gasteiger partial charge in [0.2, 0.25) is 0 Å². The molecule has 0 aromatic carbocycles. The Labute approximate surface area is 183 Å². The molecule has 4 heteroatoms. The van der Waals surface area contributed by atoms with E-state index in [-0.39, 0.29) is 38.7 Å². The molecule has 3 nitrogen and oxygen atoms in total. The predicted octanol–water partition coefficient (Wildman–Crippen LogP) is 5.78. The lowest BCUT2D eigenvalue weighted by Crippen LogP contribution is -2.63. The summed E-state index contributed by atoms with van der Waals surface area (Å²) in [6.45, 7) is 18.8. The molecule has 7 aliphatic carbocycles. The fourth-order valence-corrected chi connectivity index (χ4v) is 11.4. The van der Waals surface area contributed by atoms with Gasteiger partial charge in [-0.05, 0) is 79.8 Å². The van der Waals surface area contributed by atoms with E-state index in [1.807, 2.05) is 0 Å². The quantitative estimate of drug-likeness (QED) is 0.414. The molecule has 0 heterocycles. The Bertz CT molecular complexity index is 902. The van der Waals surface area contributed by atoms with Crippen molar-refractivity contribution in [1.29, 1.82) is 0 Å². The summed E-state index contributed by atoms with van der Waals surface area (Å²) in [5.74, 6) is 1.99. The second-order valence-corrected chi connectivity index (χ2v) is 19.1. The molecule has 0 aromatic heterocycles. The zero-order chi connectivity index (χ0) is 21.9. The van der Waals surface area contributed by atoms with E-state index < -0.39 is 13.7 Å². The van der Waals surface area contributed by atoms with Gasteiger partial charge in [-0.15, -0.1) is 0 Å². The first-order chi connectivity index (χ1) is 13.6. The number of carbonyl (C=O) groups excluding carboxylic acids is 2. The molecule has 7 saturated carbocycles. The molecule has 0 N–H and O–H groups in total. The minimum atomic E-state index is -1.84.